The molecule has 3 heteroatoms. The fourth-order valence-corrected chi connectivity index (χ4v) is 1.76. The molecule has 2 rings (SSSR count). The van der Waals surface area contributed by atoms with Gasteiger partial charge in [0.15, 0.2) is 0 Å². The summed E-state index contributed by atoms with van der Waals surface area (Å²) < 4.78 is 5.24. The molecule has 0 aromatic carbocycles. The van der Waals surface area contributed by atoms with Crippen LogP contribution >= 0.6 is 0 Å². The van der Waals surface area contributed by atoms with Crippen LogP contribution in [-0.4, -0.2) is 17.5 Å². The lowest BCUT2D eigenvalue weighted by Gasteiger charge is -2.16. The molecule has 0 saturated carbocycles. The predicted molar refractivity (Wildman–Crippen MR) is 47.8 cm³/mol. The Hall–Kier alpha value is -1.27. The molecule has 68 valence electrons. The van der Waals surface area contributed by atoms with Gasteiger partial charge in [0.25, 0.3) is 0 Å². The zero-order valence-corrected chi connectivity index (χ0v) is 7.44. The summed E-state index contributed by atoms with van der Waals surface area (Å²) in [6.07, 6.45) is 3.79. The van der Waals surface area contributed by atoms with Crippen molar-refractivity contribution in [2.75, 3.05) is 6.54 Å². The molecule has 1 atom stereocenters. The third-order valence-electron chi connectivity index (χ3n) is 2.45. The number of hydrogen-bond acceptors (Lipinski definition) is 3. The molecule has 1 fully saturated rings. The van der Waals surface area contributed by atoms with Crippen molar-refractivity contribution in [3.8, 4) is 6.07 Å². The van der Waals surface area contributed by atoms with E-state index in [1.807, 2.05) is 12.1 Å². The first-order chi connectivity index (χ1) is 6.40. The average molecular weight is 176 g/mol. The molecule has 0 amide bonds. The predicted octanol–water partition coefficient (Wildman–Crippen LogP) is 1.77. The van der Waals surface area contributed by atoms with Crippen molar-refractivity contribution in [3.05, 3.63) is 24.2 Å². The first kappa shape index (κ1) is 8.33. The van der Waals surface area contributed by atoms with Gasteiger partial charge in [0.05, 0.1) is 24.9 Å². The standard InChI is InChI=1S/C10H12N2O/c11-7-9-3-1-5-12(9)8-10-4-2-6-13-10/h2,4,6,9H,1,3,5,8H2. The minimum absolute atomic E-state index is 0.0881. The van der Waals surface area contributed by atoms with Gasteiger partial charge in [-0.3, -0.25) is 4.90 Å². The largest absolute Gasteiger partial charge is 0.468 e. The lowest BCUT2D eigenvalue weighted by Crippen LogP contribution is -2.27. The summed E-state index contributed by atoms with van der Waals surface area (Å²) in [5.74, 6) is 0.946. The SMILES string of the molecule is N#CC1CCCN1Cc1ccco1. The zero-order valence-electron chi connectivity index (χ0n) is 7.44. The lowest BCUT2D eigenvalue weighted by atomic mass is 10.2. The van der Waals surface area contributed by atoms with Crippen LogP contribution in [0.15, 0.2) is 22.8 Å². The lowest BCUT2D eigenvalue weighted by molar-refractivity contribution is 0.261. The summed E-state index contributed by atoms with van der Waals surface area (Å²) in [5.41, 5.74) is 0. The number of nitriles is 1. The highest BCUT2D eigenvalue weighted by atomic mass is 16.3. The first-order valence-electron chi connectivity index (χ1n) is 4.56. The van der Waals surface area contributed by atoms with Crippen molar-refractivity contribution in [2.45, 2.75) is 25.4 Å². The van der Waals surface area contributed by atoms with Crippen molar-refractivity contribution >= 4 is 0 Å². The number of furan rings is 1. The van der Waals surface area contributed by atoms with Crippen molar-refractivity contribution in [1.82, 2.24) is 4.90 Å². The number of hydrogen-bond donors (Lipinski definition) is 0. The monoisotopic (exact) mass is 176 g/mol. The van der Waals surface area contributed by atoms with E-state index in [0.29, 0.717) is 0 Å². The minimum Gasteiger partial charge on any atom is -0.468 e. The summed E-state index contributed by atoms with van der Waals surface area (Å²) >= 11 is 0. The van der Waals surface area contributed by atoms with Gasteiger partial charge in [0.1, 0.15) is 5.76 Å². The van der Waals surface area contributed by atoms with Crippen LogP contribution in [0.25, 0.3) is 0 Å². The molecule has 1 aromatic rings. The van der Waals surface area contributed by atoms with Crippen LogP contribution in [0.1, 0.15) is 18.6 Å². The second-order valence-corrected chi connectivity index (χ2v) is 3.34. The van der Waals surface area contributed by atoms with Crippen LogP contribution in [0.2, 0.25) is 0 Å². The molecule has 1 saturated heterocycles. The Kier molecular flexibility index (Phi) is 2.33. The molecule has 1 aromatic heterocycles. The topological polar surface area (TPSA) is 40.2 Å². The van der Waals surface area contributed by atoms with E-state index in [-0.39, 0.29) is 6.04 Å². The zero-order chi connectivity index (χ0) is 9.10. The first-order valence-corrected chi connectivity index (χ1v) is 4.56. The second kappa shape index (κ2) is 3.63. The van der Waals surface area contributed by atoms with Gasteiger partial charge < -0.3 is 4.42 Å². The van der Waals surface area contributed by atoms with Gasteiger partial charge >= 0.3 is 0 Å². The van der Waals surface area contributed by atoms with E-state index in [4.69, 9.17) is 9.68 Å². The normalized spacial score (nSPS) is 23.2. The van der Waals surface area contributed by atoms with E-state index in [9.17, 15) is 0 Å². The van der Waals surface area contributed by atoms with Crippen LogP contribution in [0.4, 0.5) is 0 Å². The Labute approximate surface area is 77.6 Å². The van der Waals surface area contributed by atoms with Crippen LogP contribution in [0.5, 0.6) is 0 Å². The van der Waals surface area contributed by atoms with E-state index >= 15 is 0 Å². The van der Waals surface area contributed by atoms with E-state index in [2.05, 4.69) is 11.0 Å². The molecule has 1 aliphatic heterocycles. The summed E-state index contributed by atoms with van der Waals surface area (Å²) in [5, 5.41) is 8.84. The molecule has 0 N–H and O–H groups in total. The van der Waals surface area contributed by atoms with E-state index < -0.39 is 0 Å². The van der Waals surface area contributed by atoms with Crippen molar-refractivity contribution in [3.63, 3.8) is 0 Å². The molecule has 0 radical (unpaired) electrons. The Balaban J connectivity index is 1.99. The second-order valence-electron chi connectivity index (χ2n) is 3.34. The highest BCUT2D eigenvalue weighted by Gasteiger charge is 2.24. The van der Waals surface area contributed by atoms with Gasteiger partial charge in [0.2, 0.25) is 0 Å². The van der Waals surface area contributed by atoms with Gasteiger partial charge in [-0.1, -0.05) is 0 Å². The molecule has 0 aliphatic carbocycles. The average Bonchev–Trinajstić information content (AvgIpc) is 2.76. The third kappa shape index (κ3) is 1.73. The molecule has 1 aliphatic rings. The van der Waals surface area contributed by atoms with Gasteiger partial charge in [0, 0.05) is 0 Å². The van der Waals surface area contributed by atoms with E-state index in [0.717, 1.165) is 31.7 Å². The Morgan fingerprint density at radius 2 is 2.62 bits per heavy atom. The fraction of sp³-hybridized carbons (Fsp3) is 0.500. The quantitative estimate of drug-likeness (QED) is 0.689. The fourth-order valence-electron chi connectivity index (χ4n) is 1.76. The Morgan fingerprint density at radius 1 is 1.69 bits per heavy atom. The van der Waals surface area contributed by atoms with Gasteiger partial charge in [-0.2, -0.15) is 5.26 Å². The minimum atomic E-state index is 0.0881. The molecule has 1 unspecified atom stereocenters. The van der Waals surface area contributed by atoms with Crippen molar-refractivity contribution < 1.29 is 4.42 Å². The van der Waals surface area contributed by atoms with E-state index in [1.54, 1.807) is 6.26 Å². The molecule has 0 bridgehead atoms. The summed E-state index contributed by atoms with van der Waals surface area (Å²) in [7, 11) is 0. The third-order valence-corrected chi connectivity index (χ3v) is 2.45. The van der Waals surface area contributed by atoms with Crippen LogP contribution in [0, 0.1) is 11.3 Å². The highest BCUT2D eigenvalue weighted by Crippen LogP contribution is 2.19. The highest BCUT2D eigenvalue weighted by molar-refractivity contribution is 5.02. The van der Waals surface area contributed by atoms with Crippen LogP contribution in [0.3, 0.4) is 0 Å². The maximum atomic E-state index is 8.84. The number of rotatable bonds is 2. The molecule has 2 heterocycles. The molecular formula is C10H12N2O. The number of likely N-dealkylation sites (tertiary alicyclic amines) is 1. The van der Waals surface area contributed by atoms with Crippen molar-refractivity contribution in [2.24, 2.45) is 0 Å². The van der Waals surface area contributed by atoms with Crippen LogP contribution < -0.4 is 0 Å². The van der Waals surface area contributed by atoms with Gasteiger partial charge in [-0.05, 0) is 31.5 Å². The van der Waals surface area contributed by atoms with E-state index in [1.165, 1.54) is 0 Å². The van der Waals surface area contributed by atoms with Crippen molar-refractivity contribution in [1.29, 1.82) is 5.26 Å². The molecular weight excluding hydrogens is 164 g/mol. The van der Waals surface area contributed by atoms with Gasteiger partial charge in [-0.25, -0.2) is 0 Å². The Bertz CT molecular complexity index is 299. The summed E-state index contributed by atoms with van der Waals surface area (Å²) in [6.45, 7) is 1.78. The smallest absolute Gasteiger partial charge is 0.117 e. The maximum Gasteiger partial charge on any atom is 0.117 e. The van der Waals surface area contributed by atoms with Crippen LogP contribution in [-0.2, 0) is 6.54 Å². The number of nitrogens with zero attached hydrogens (tertiary/aromatic N) is 2. The summed E-state index contributed by atoms with van der Waals surface area (Å²) in [6, 6.07) is 6.23. The molecule has 0 spiro atoms. The molecule has 3 nitrogen and oxygen atoms in total. The summed E-state index contributed by atoms with van der Waals surface area (Å²) in [4.78, 5) is 2.17. The Morgan fingerprint density at radius 3 is 3.31 bits per heavy atom. The molecule has 13 heavy (non-hydrogen) atoms. The maximum absolute atomic E-state index is 8.84. The van der Waals surface area contributed by atoms with Gasteiger partial charge in [-0.15, -0.1) is 0 Å².